The third-order valence-electron chi connectivity index (χ3n) is 3.12. The minimum atomic E-state index is -1.21. The Hall–Kier alpha value is -1.75. The first-order valence-corrected chi connectivity index (χ1v) is 6.92. The van der Waals surface area contributed by atoms with Crippen LogP contribution in [-0.2, 0) is 10.3 Å². The second-order valence-corrected chi connectivity index (χ2v) is 5.63. The van der Waals surface area contributed by atoms with Gasteiger partial charge in [-0.05, 0) is 24.6 Å². The molecular weight excluding hydrogens is 311 g/mol. The highest BCUT2D eigenvalue weighted by atomic mass is 35.5. The van der Waals surface area contributed by atoms with Crippen LogP contribution in [-0.4, -0.2) is 11.0 Å². The number of carbonyl (C=O) groups is 1. The van der Waals surface area contributed by atoms with Crippen molar-refractivity contribution in [3.05, 3.63) is 58.1 Å². The number of phenols is 1. The van der Waals surface area contributed by atoms with Crippen LogP contribution in [0.1, 0.15) is 12.5 Å². The SMILES string of the molecule is CC(N)(C(=O)Nc1cc(Cl)c(O)c(Cl)c1)c1ccccc1. The number of anilines is 1. The minimum absolute atomic E-state index is 0.0521. The molecule has 0 bridgehead atoms. The highest BCUT2D eigenvalue weighted by molar-refractivity contribution is 6.37. The van der Waals surface area contributed by atoms with E-state index in [0.717, 1.165) is 0 Å². The third kappa shape index (κ3) is 3.29. The number of hydrogen-bond donors (Lipinski definition) is 3. The first-order chi connectivity index (χ1) is 9.82. The Morgan fingerprint density at radius 1 is 1.19 bits per heavy atom. The van der Waals surface area contributed by atoms with E-state index < -0.39 is 11.4 Å². The Morgan fingerprint density at radius 3 is 2.24 bits per heavy atom. The Labute approximate surface area is 132 Å². The molecule has 0 fully saturated rings. The lowest BCUT2D eigenvalue weighted by Gasteiger charge is -2.24. The summed E-state index contributed by atoms with van der Waals surface area (Å²) in [6.45, 7) is 1.61. The number of benzene rings is 2. The molecule has 4 N–H and O–H groups in total. The molecule has 4 nitrogen and oxygen atoms in total. The van der Waals surface area contributed by atoms with Crippen LogP contribution in [0, 0.1) is 0 Å². The lowest BCUT2D eigenvalue weighted by Crippen LogP contribution is -2.45. The number of rotatable bonds is 3. The van der Waals surface area contributed by atoms with Gasteiger partial charge in [-0.1, -0.05) is 53.5 Å². The Balaban J connectivity index is 2.26. The fourth-order valence-corrected chi connectivity index (χ4v) is 2.30. The first-order valence-electron chi connectivity index (χ1n) is 6.16. The highest BCUT2D eigenvalue weighted by Gasteiger charge is 2.30. The quantitative estimate of drug-likeness (QED) is 0.756. The van der Waals surface area contributed by atoms with Crippen LogP contribution in [0.5, 0.6) is 5.75 Å². The first kappa shape index (κ1) is 15.6. The van der Waals surface area contributed by atoms with Gasteiger partial charge >= 0.3 is 0 Å². The summed E-state index contributed by atoms with van der Waals surface area (Å²) < 4.78 is 0. The fourth-order valence-electron chi connectivity index (χ4n) is 1.81. The van der Waals surface area contributed by atoms with Gasteiger partial charge in [-0.25, -0.2) is 0 Å². The largest absolute Gasteiger partial charge is 0.505 e. The second kappa shape index (κ2) is 5.93. The van der Waals surface area contributed by atoms with Gasteiger partial charge in [0.1, 0.15) is 5.54 Å². The van der Waals surface area contributed by atoms with Crippen molar-refractivity contribution in [1.82, 2.24) is 0 Å². The third-order valence-corrected chi connectivity index (χ3v) is 3.70. The van der Waals surface area contributed by atoms with Crippen molar-refractivity contribution in [1.29, 1.82) is 0 Å². The van der Waals surface area contributed by atoms with Crippen LogP contribution in [0.25, 0.3) is 0 Å². The number of amides is 1. The second-order valence-electron chi connectivity index (χ2n) is 4.81. The summed E-state index contributed by atoms with van der Waals surface area (Å²) in [7, 11) is 0. The number of nitrogens with one attached hydrogen (secondary N) is 1. The van der Waals surface area contributed by atoms with Crippen molar-refractivity contribution in [3.63, 3.8) is 0 Å². The molecule has 0 saturated heterocycles. The predicted molar refractivity (Wildman–Crippen MR) is 84.7 cm³/mol. The number of aromatic hydroxyl groups is 1. The fraction of sp³-hybridized carbons (Fsp3) is 0.133. The van der Waals surface area contributed by atoms with Gasteiger partial charge in [0.15, 0.2) is 5.75 Å². The minimum Gasteiger partial charge on any atom is -0.505 e. The van der Waals surface area contributed by atoms with E-state index in [1.54, 1.807) is 19.1 Å². The summed E-state index contributed by atoms with van der Waals surface area (Å²) in [6, 6.07) is 11.8. The van der Waals surface area contributed by atoms with E-state index in [2.05, 4.69) is 5.32 Å². The summed E-state index contributed by atoms with van der Waals surface area (Å²) in [5.74, 6) is -0.638. The van der Waals surface area contributed by atoms with Gasteiger partial charge in [-0.3, -0.25) is 4.79 Å². The molecule has 0 radical (unpaired) electrons. The van der Waals surface area contributed by atoms with E-state index in [1.165, 1.54) is 12.1 Å². The van der Waals surface area contributed by atoms with Crippen molar-refractivity contribution in [2.24, 2.45) is 5.73 Å². The van der Waals surface area contributed by atoms with Crippen LogP contribution in [0.2, 0.25) is 10.0 Å². The normalized spacial score (nSPS) is 13.5. The van der Waals surface area contributed by atoms with Crippen LogP contribution in [0.4, 0.5) is 5.69 Å². The van der Waals surface area contributed by atoms with Gasteiger partial charge in [0.2, 0.25) is 5.91 Å². The summed E-state index contributed by atoms with van der Waals surface area (Å²) in [5.41, 5.74) is 5.94. The van der Waals surface area contributed by atoms with E-state index in [0.29, 0.717) is 11.3 Å². The predicted octanol–water partition coefficient (Wildman–Crippen LogP) is 3.51. The topological polar surface area (TPSA) is 75.4 Å². The molecule has 0 aliphatic rings. The molecule has 1 unspecified atom stereocenters. The van der Waals surface area contributed by atoms with Crippen LogP contribution in [0.15, 0.2) is 42.5 Å². The number of carbonyl (C=O) groups excluding carboxylic acids is 1. The van der Waals surface area contributed by atoms with Crippen molar-refractivity contribution < 1.29 is 9.90 Å². The van der Waals surface area contributed by atoms with Crippen molar-refractivity contribution >= 4 is 34.8 Å². The van der Waals surface area contributed by atoms with E-state index in [4.69, 9.17) is 28.9 Å². The van der Waals surface area contributed by atoms with Gasteiger partial charge in [0.25, 0.3) is 0 Å². The molecular formula is C15H14Cl2N2O2. The molecule has 0 spiro atoms. The molecule has 0 aliphatic carbocycles. The Kier molecular flexibility index (Phi) is 4.42. The summed E-state index contributed by atoms with van der Waals surface area (Å²) in [6.07, 6.45) is 0. The molecule has 1 amide bonds. The van der Waals surface area contributed by atoms with E-state index in [-0.39, 0.29) is 15.8 Å². The van der Waals surface area contributed by atoms with Gasteiger partial charge in [-0.2, -0.15) is 0 Å². The molecule has 21 heavy (non-hydrogen) atoms. The van der Waals surface area contributed by atoms with E-state index in [9.17, 15) is 9.90 Å². The molecule has 110 valence electrons. The molecule has 0 saturated carbocycles. The highest BCUT2D eigenvalue weighted by Crippen LogP contribution is 2.35. The van der Waals surface area contributed by atoms with Crippen molar-refractivity contribution in [2.45, 2.75) is 12.5 Å². The zero-order valence-corrected chi connectivity index (χ0v) is 12.7. The lowest BCUT2D eigenvalue weighted by atomic mass is 9.92. The summed E-state index contributed by atoms with van der Waals surface area (Å²) in [4.78, 5) is 12.4. The number of nitrogens with two attached hydrogens (primary N) is 1. The maximum absolute atomic E-state index is 12.4. The van der Waals surface area contributed by atoms with Crippen LogP contribution < -0.4 is 11.1 Å². The monoisotopic (exact) mass is 324 g/mol. The van der Waals surface area contributed by atoms with Gasteiger partial charge in [-0.15, -0.1) is 0 Å². The zero-order chi connectivity index (χ0) is 15.6. The molecule has 0 aliphatic heterocycles. The smallest absolute Gasteiger partial charge is 0.248 e. The molecule has 0 heterocycles. The van der Waals surface area contributed by atoms with Crippen molar-refractivity contribution in [2.75, 3.05) is 5.32 Å². The molecule has 2 rings (SSSR count). The lowest BCUT2D eigenvalue weighted by molar-refractivity contribution is -0.120. The average Bonchev–Trinajstić information content (AvgIpc) is 2.45. The van der Waals surface area contributed by atoms with Crippen molar-refractivity contribution in [3.8, 4) is 5.75 Å². The molecule has 0 aromatic heterocycles. The Morgan fingerprint density at radius 2 is 1.71 bits per heavy atom. The van der Waals surface area contributed by atoms with E-state index >= 15 is 0 Å². The zero-order valence-electron chi connectivity index (χ0n) is 11.2. The average molecular weight is 325 g/mol. The number of phenolic OH excluding ortho intramolecular Hbond substituents is 1. The van der Waals surface area contributed by atoms with Crippen LogP contribution in [0.3, 0.4) is 0 Å². The maximum atomic E-state index is 12.4. The van der Waals surface area contributed by atoms with Gasteiger partial charge < -0.3 is 16.2 Å². The molecule has 2 aromatic rings. The molecule has 2 aromatic carbocycles. The summed E-state index contributed by atoms with van der Waals surface area (Å²) in [5, 5.41) is 12.3. The summed E-state index contributed by atoms with van der Waals surface area (Å²) >= 11 is 11.6. The van der Waals surface area contributed by atoms with E-state index in [1.807, 2.05) is 18.2 Å². The number of hydrogen-bond acceptors (Lipinski definition) is 3. The Bertz CT molecular complexity index is 650. The molecule has 6 heteroatoms. The van der Waals surface area contributed by atoms with Gasteiger partial charge in [0.05, 0.1) is 10.0 Å². The maximum Gasteiger partial charge on any atom is 0.248 e. The molecule has 1 atom stereocenters. The standard InChI is InChI=1S/C15H14Cl2N2O2/c1-15(18,9-5-3-2-4-6-9)14(21)19-10-7-11(16)13(20)12(17)8-10/h2-8,20H,18H2,1H3,(H,19,21). The van der Waals surface area contributed by atoms with Crippen LogP contribution >= 0.6 is 23.2 Å². The van der Waals surface area contributed by atoms with Gasteiger partial charge in [0, 0.05) is 5.69 Å². The number of halogens is 2.